The van der Waals surface area contributed by atoms with Gasteiger partial charge in [-0.2, -0.15) is 0 Å². The Balaban J connectivity index is -0.000000845. The van der Waals surface area contributed by atoms with Crippen molar-refractivity contribution in [3.05, 3.63) is 0 Å². The van der Waals surface area contributed by atoms with Crippen LogP contribution in [0.25, 0.3) is 0 Å². The van der Waals surface area contributed by atoms with Crippen molar-refractivity contribution in [3.63, 3.8) is 0 Å². The predicted molar refractivity (Wildman–Crippen MR) is 42.8 cm³/mol. The van der Waals surface area contributed by atoms with E-state index in [1.807, 2.05) is 0 Å². The van der Waals surface area contributed by atoms with E-state index < -0.39 is 16.4 Å². The molecule has 0 rings (SSSR count). The maximum absolute atomic E-state index is 10.2. The van der Waals surface area contributed by atoms with Crippen molar-refractivity contribution in [2.24, 2.45) is 0 Å². The van der Waals surface area contributed by atoms with Crippen LogP contribution in [-0.4, -0.2) is 50.1 Å². The summed E-state index contributed by atoms with van der Waals surface area (Å²) < 4.78 is 33.9. The maximum Gasteiger partial charge on any atom is 1.00 e. The van der Waals surface area contributed by atoms with E-state index in [2.05, 4.69) is 4.18 Å². The molecule has 0 aliphatic carbocycles. The van der Waals surface area contributed by atoms with Gasteiger partial charge >= 0.3 is 48.4 Å². The average molecular weight is 255 g/mol. The molecule has 0 heterocycles. The summed E-state index contributed by atoms with van der Waals surface area (Å²) in [6.45, 7) is 1.46. The molecule has 84 valence electrons. The first-order valence-electron chi connectivity index (χ1n) is 3.87. The number of carboxylic acids is 1. The molecular formula is C6H11LiNNaO6S. The Morgan fingerprint density at radius 1 is 1.44 bits per heavy atom. The van der Waals surface area contributed by atoms with E-state index in [-0.39, 0.29) is 68.1 Å². The summed E-state index contributed by atoms with van der Waals surface area (Å²) >= 11 is 0. The number of carbonyl (C=O) groups excluding carboxylic acids is 1. The van der Waals surface area contributed by atoms with Gasteiger partial charge in [-0.15, -0.1) is 0 Å². The van der Waals surface area contributed by atoms with Gasteiger partial charge in [0.15, 0.2) is 0 Å². The summed E-state index contributed by atoms with van der Waals surface area (Å²) in [5, 5.41) is 10.2. The van der Waals surface area contributed by atoms with Crippen molar-refractivity contribution in [2.45, 2.75) is 6.92 Å². The topological polar surface area (TPSA) is 110 Å². The molecule has 10 heteroatoms. The van der Waals surface area contributed by atoms with Crippen LogP contribution in [0.1, 0.15) is 6.92 Å². The van der Waals surface area contributed by atoms with E-state index in [4.69, 9.17) is 0 Å². The van der Waals surface area contributed by atoms with Crippen molar-refractivity contribution in [3.8, 4) is 0 Å². The average Bonchev–Trinajstić information content (AvgIpc) is 1.99. The van der Waals surface area contributed by atoms with E-state index in [0.29, 0.717) is 6.54 Å². The van der Waals surface area contributed by atoms with Crippen LogP contribution >= 0.6 is 0 Å². The van der Waals surface area contributed by atoms with Crippen LogP contribution in [-0.2, 0) is 19.4 Å². The van der Waals surface area contributed by atoms with Gasteiger partial charge in [0.05, 0.1) is 12.6 Å². The van der Waals surface area contributed by atoms with Crippen molar-refractivity contribution >= 4 is 16.4 Å². The van der Waals surface area contributed by atoms with Gasteiger partial charge < -0.3 is 14.5 Å². The summed E-state index contributed by atoms with van der Waals surface area (Å²) in [7, 11) is -4.70. The molecule has 0 aliphatic rings. The number of carbonyl (C=O) groups is 1. The van der Waals surface area contributed by atoms with Crippen LogP contribution in [0.3, 0.4) is 0 Å². The number of likely N-dealkylation sites (N-methyl/N-ethyl adjacent to an activating group) is 1. The van der Waals surface area contributed by atoms with E-state index in [1.54, 1.807) is 6.92 Å². The maximum atomic E-state index is 10.2. The Morgan fingerprint density at radius 3 is 2.25 bits per heavy atom. The van der Waals surface area contributed by atoms with Crippen LogP contribution in [0.15, 0.2) is 0 Å². The van der Waals surface area contributed by atoms with Crippen LogP contribution in [0, 0.1) is 0 Å². The van der Waals surface area contributed by atoms with Crippen LogP contribution in [0.5, 0.6) is 0 Å². The molecule has 0 atom stereocenters. The largest absolute Gasteiger partial charge is 1.00 e. The summed E-state index contributed by atoms with van der Waals surface area (Å²) in [5.41, 5.74) is 0. The summed E-state index contributed by atoms with van der Waals surface area (Å²) in [6, 6.07) is 0. The Labute approximate surface area is 129 Å². The van der Waals surface area contributed by atoms with E-state index >= 15 is 0 Å². The van der Waals surface area contributed by atoms with Gasteiger partial charge in [-0.05, 0) is 6.54 Å². The molecule has 0 aromatic carbocycles. The van der Waals surface area contributed by atoms with Gasteiger partial charge in [-0.3, -0.25) is 9.08 Å². The fourth-order valence-corrected chi connectivity index (χ4v) is 1.08. The molecule has 0 unspecified atom stereocenters. The van der Waals surface area contributed by atoms with Crippen molar-refractivity contribution in [1.29, 1.82) is 0 Å². The third-order valence-corrected chi connectivity index (χ3v) is 1.89. The Morgan fingerprint density at radius 2 is 1.94 bits per heavy atom. The molecule has 16 heavy (non-hydrogen) atoms. The minimum atomic E-state index is -4.70. The zero-order valence-corrected chi connectivity index (χ0v) is 12.4. The number of hydrogen-bond acceptors (Lipinski definition) is 7. The molecule has 0 aliphatic heterocycles. The van der Waals surface area contributed by atoms with Crippen LogP contribution in [0.2, 0.25) is 0 Å². The van der Waals surface area contributed by atoms with Crippen LogP contribution < -0.4 is 53.5 Å². The molecule has 0 N–H and O–H groups in total. The third-order valence-electron chi connectivity index (χ3n) is 1.44. The summed E-state index contributed by atoms with van der Waals surface area (Å²) in [6.07, 6.45) is 0. The zero-order chi connectivity index (χ0) is 11.2. The molecule has 7 nitrogen and oxygen atoms in total. The summed E-state index contributed by atoms with van der Waals surface area (Å²) in [5.74, 6) is -1.27. The van der Waals surface area contributed by atoms with Gasteiger partial charge in [-0.1, -0.05) is 6.92 Å². The number of hydrogen-bond donors (Lipinski definition) is 0. The molecular weight excluding hydrogens is 244 g/mol. The van der Waals surface area contributed by atoms with E-state index in [9.17, 15) is 22.9 Å². The van der Waals surface area contributed by atoms with Gasteiger partial charge in [-0.25, -0.2) is 8.42 Å². The molecule has 0 amide bonds. The second-order valence-corrected chi connectivity index (χ2v) is 3.52. The van der Waals surface area contributed by atoms with Crippen LogP contribution in [0.4, 0.5) is 0 Å². The number of aliphatic carboxylic acids is 1. The Hall–Kier alpha value is 0.897. The Kier molecular flexibility index (Phi) is 15.2. The molecule has 0 radical (unpaired) electrons. The third kappa shape index (κ3) is 14.9. The first-order valence-corrected chi connectivity index (χ1v) is 5.21. The number of rotatable bonds is 7. The smallest absolute Gasteiger partial charge is 0.726 e. The first kappa shape index (κ1) is 22.1. The standard InChI is InChI=1S/C6H13NO6S.Li.Na/c1-2-7(5-6(8)9)3-4-13-14(10,11)12;;/h2-5H2,1H3,(H,8,9)(H,10,11,12);;/q;2*+1/p-2. The van der Waals surface area contributed by atoms with Crippen molar-refractivity contribution < 1.29 is 75.5 Å². The van der Waals surface area contributed by atoms with Gasteiger partial charge in [0, 0.05) is 13.1 Å². The predicted octanol–water partition coefficient (Wildman–Crippen LogP) is -8.46. The first-order chi connectivity index (χ1) is 6.35. The fraction of sp³-hybridized carbons (Fsp3) is 0.833. The Bertz CT molecular complexity index is 285. The minimum absolute atomic E-state index is 0. The van der Waals surface area contributed by atoms with Crippen molar-refractivity contribution in [1.82, 2.24) is 4.90 Å². The molecule has 0 aromatic rings. The number of carboxylic acid groups (broad SMARTS) is 1. The SMILES string of the molecule is CCN(CCOS(=O)(=O)[O-])CC(=O)[O-].[Li+].[Na+]. The van der Waals surface area contributed by atoms with E-state index in [1.165, 1.54) is 4.90 Å². The molecule has 0 saturated carbocycles. The normalized spacial score (nSPS) is 10.4. The fourth-order valence-electron chi connectivity index (χ4n) is 0.800. The monoisotopic (exact) mass is 255 g/mol. The second kappa shape index (κ2) is 11.0. The molecule has 0 aromatic heterocycles. The molecule has 0 fully saturated rings. The van der Waals surface area contributed by atoms with Crippen molar-refractivity contribution in [2.75, 3.05) is 26.2 Å². The number of nitrogens with zero attached hydrogens (tertiary/aromatic N) is 1. The van der Waals surface area contributed by atoms with Gasteiger partial charge in [0.1, 0.15) is 0 Å². The summed E-state index contributed by atoms with van der Waals surface area (Å²) in [4.78, 5) is 11.5. The van der Waals surface area contributed by atoms with Gasteiger partial charge in [0.2, 0.25) is 10.4 Å². The van der Waals surface area contributed by atoms with Gasteiger partial charge in [0.25, 0.3) is 0 Å². The quantitative estimate of drug-likeness (QED) is 0.252. The molecule has 0 bridgehead atoms. The molecule has 0 saturated heterocycles. The zero-order valence-electron chi connectivity index (χ0n) is 9.63. The second-order valence-electron chi connectivity index (χ2n) is 2.47. The minimum Gasteiger partial charge on any atom is -0.726 e. The molecule has 0 spiro atoms. The van der Waals surface area contributed by atoms with E-state index in [0.717, 1.165) is 0 Å².